The van der Waals surface area contributed by atoms with Crippen molar-refractivity contribution < 1.29 is 19.6 Å². The van der Waals surface area contributed by atoms with E-state index in [-0.39, 0.29) is 16.5 Å². The minimum absolute atomic E-state index is 0.00639. The van der Waals surface area contributed by atoms with Gasteiger partial charge in [0.15, 0.2) is 6.54 Å². The van der Waals surface area contributed by atoms with Crippen molar-refractivity contribution in [1.82, 2.24) is 0 Å². The van der Waals surface area contributed by atoms with Crippen LogP contribution in [-0.4, -0.2) is 43.6 Å². The van der Waals surface area contributed by atoms with Crippen molar-refractivity contribution in [3.63, 3.8) is 0 Å². The number of carbonyl (C=O) groups excluding carboxylic acids is 1. The molecule has 142 valence electrons. The number of aryl methyl sites for hydroxylation is 2. The highest BCUT2D eigenvalue weighted by Crippen LogP contribution is 2.22. The highest BCUT2D eigenvalue weighted by molar-refractivity contribution is 5.93. The molecule has 1 aromatic heterocycles. The van der Waals surface area contributed by atoms with Crippen LogP contribution in [-0.2, 0) is 4.79 Å². The number of H-pyrrole nitrogens is 1. The van der Waals surface area contributed by atoms with Gasteiger partial charge >= 0.3 is 11.5 Å². The van der Waals surface area contributed by atoms with E-state index in [0.717, 1.165) is 29.9 Å². The summed E-state index contributed by atoms with van der Waals surface area (Å²) < 4.78 is 0. The van der Waals surface area contributed by atoms with Crippen LogP contribution in [0.5, 0.6) is 0 Å². The standard InChI is InChI=1S/C19H23N5O3/c1-14-5-3-6-15(2)18(14)21-17(25)13-22-9-11-23(12-10-22)19-16(24(26)27)7-4-8-20-19/h3-8H,9-13H2,1-2H3,(H,21,25)/p+2. The van der Waals surface area contributed by atoms with Gasteiger partial charge in [-0.15, -0.1) is 0 Å². The first-order valence-electron chi connectivity index (χ1n) is 9.05. The molecule has 0 aliphatic carbocycles. The minimum atomic E-state index is -0.372. The predicted molar refractivity (Wildman–Crippen MR) is 102 cm³/mol. The van der Waals surface area contributed by atoms with Crippen molar-refractivity contribution in [2.45, 2.75) is 13.8 Å². The number of benzene rings is 1. The normalized spacial score (nSPS) is 14.8. The lowest BCUT2D eigenvalue weighted by Gasteiger charge is -2.27. The number of nitro groups is 1. The molecule has 1 aliphatic heterocycles. The Morgan fingerprint density at radius 3 is 2.52 bits per heavy atom. The second-order valence-electron chi connectivity index (χ2n) is 6.89. The number of pyridine rings is 1. The van der Waals surface area contributed by atoms with Gasteiger partial charge in [-0.05, 0) is 31.0 Å². The Labute approximate surface area is 158 Å². The molecule has 3 N–H and O–H groups in total. The van der Waals surface area contributed by atoms with Crippen LogP contribution in [0.25, 0.3) is 0 Å². The number of para-hydroxylation sites is 1. The summed E-state index contributed by atoms with van der Waals surface area (Å²) in [4.78, 5) is 29.4. The first kappa shape index (κ1) is 18.8. The van der Waals surface area contributed by atoms with Crippen LogP contribution < -0.4 is 20.1 Å². The Balaban J connectivity index is 1.57. The number of nitrogens with zero attached hydrogens (tertiary/aromatic N) is 2. The molecule has 1 aromatic carbocycles. The van der Waals surface area contributed by atoms with Gasteiger partial charge < -0.3 is 10.2 Å². The number of aromatic nitrogens is 1. The second kappa shape index (κ2) is 8.13. The van der Waals surface area contributed by atoms with Gasteiger partial charge in [0.1, 0.15) is 26.2 Å². The Morgan fingerprint density at radius 2 is 1.89 bits per heavy atom. The molecule has 1 fully saturated rings. The molecule has 1 amide bonds. The molecule has 27 heavy (non-hydrogen) atoms. The summed E-state index contributed by atoms with van der Waals surface area (Å²) in [6, 6.07) is 9.07. The predicted octanol–water partition coefficient (Wildman–Crippen LogP) is 0.369. The number of rotatable bonds is 5. The highest BCUT2D eigenvalue weighted by Gasteiger charge is 2.33. The minimum Gasteiger partial charge on any atom is -0.321 e. The van der Waals surface area contributed by atoms with E-state index in [2.05, 4.69) is 10.3 Å². The van der Waals surface area contributed by atoms with E-state index < -0.39 is 0 Å². The van der Waals surface area contributed by atoms with Gasteiger partial charge in [-0.3, -0.25) is 14.9 Å². The third-order valence-corrected chi connectivity index (χ3v) is 4.95. The van der Waals surface area contributed by atoms with E-state index in [0.29, 0.717) is 25.5 Å². The number of nitrogens with one attached hydrogen (secondary N) is 3. The number of piperazine rings is 1. The van der Waals surface area contributed by atoms with Gasteiger partial charge in [-0.1, -0.05) is 18.2 Å². The Morgan fingerprint density at radius 1 is 1.22 bits per heavy atom. The van der Waals surface area contributed by atoms with Crippen LogP contribution in [0.3, 0.4) is 0 Å². The van der Waals surface area contributed by atoms with Gasteiger partial charge in [-0.2, -0.15) is 0 Å². The summed E-state index contributed by atoms with van der Waals surface area (Å²) in [7, 11) is 0. The fraction of sp³-hybridized carbons (Fsp3) is 0.368. The molecular weight excluding hydrogens is 346 g/mol. The monoisotopic (exact) mass is 371 g/mol. The van der Waals surface area contributed by atoms with E-state index in [1.54, 1.807) is 12.3 Å². The molecule has 8 nitrogen and oxygen atoms in total. The molecule has 2 heterocycles. The highest BCUT2D eigenvalue weighted by atomic mass is 16.6. The van der Waals surface area contributed by atoms with Crippen molar-refractivity contribution in [3.05, 3.63) is 57.8 Å². The summed E-state index contributed by atoms with van der Waals surface area (Å²) in [6.45, 7) is 7.18. The molecule has 1 aliphatic rings. The molecule has 8 heteroatoms. The van der Waals surface area contributed by atoms with Crippen LogP contribution in [0.2, 0.25) is 0 Å². The fourth-order valence-electron chi connectivity index (χ4n) is 3.47. The van der Waals surface area contributed by atoms with Crippen molar-refractivity contribution in [2.75, 3.05) is 42.9 Å². The second-order valence-corrected chi connectivity index (χ2v) is 6.89. The lowest BCUT2D eigenvalue weighted by Crippen LogP contribution is -3.15. The largest absolute Gasteiger partial charge is 0.357 e. The molecular formula is C19H25N5O3+2. The number of hydrogen-bond donors (Lipinski definition) is 2. The molecule has 0 unspecified atom stereocenters. The fourth-order valence-corrected chi connectivity index (χ4v) is 3.47. The van der Waals surface area contributed by atoms with Crippen molar-refractivity contribution in [1.29, 1.82) is 0 Å². The molecule has 0 spiro atoms. The first-order chi connectivity index (χ1) is 13.0. The van der Waals surface area contributed by atoms with E-state index in [1.165, 1.54) is 11.0 Å². The number of carbonyl (C=O) groups is 1. The van der Waals surface area contributed by atoms with Gasteiger partial charge in [0, 0.05) is 11.8 Å². The number of quaternary nitrogens is 1. The topological polar surface area (TPSA) is 94.1 Å². The number of anilines is 2. The third-order valence-electron chi connectivity index (χ3n) is 4.95. The van der Waals surface area contributed by atoms with Crippen LogP contribution in [0.15, 0.2) is 36.5 Å². The average molecular weight is 371 g/mol. The zero-order valence-corrected chi connectivity index (χ0v) is 15.6. The molecule has 0 saturated carbocycles. The van der Waals surface area contributed by atoms with Crippen LogP contribution in [0, 0.1) is 24.0 Å². The lowest BCUT2D eigenvalue weighted by molar-refractivity contribution is -0.892. The zero-order chi connectivity index (χ0) is 19.4. The lowest BCUT2D eigenvalue weighted by atomic mass is 10.1. The van der Waals surface area contributed by atoms with Gasteiger partial charge in [-0.25, -0.2) is 9.88 Å². The Kier molecular flexibility index (Phi) is 5.66. The molecule has 0 bridgehead atoms. The van der Waals surface area contributed by atoms with Crippen LogP contribution in [0.4, 0.5) is 17.2 Å². The Bertz CT molecular complexity index is 827. The van der Waals surface area contributed by atoms with Gasteiger partial charge in [0.05, 0.1) is 11.1 Å². The maximum atomic E-state index is 12.4. The van der Waals surface area contributed by atoms with E-state index in [1.807, 2.05) is 36.9 Å². The van der Waals surface area contributed by atoms with E-state index in [4.69, 9.17) is 0 Å². The quantitative estimate of drug-likeness (QED) is 0.587. The molecule has 1 saturated heterocycles. The van der Waals surface area contributed by atoms with Crippen molar-refractivity contribution >= 4 is 23.1 Å². The summed E-state index contributed by atoms with van der Waals surface area (Å²) >= 11 is 0. The van der Waals surface area contributed by atoms with Crippen LogP contribution in [0.1, 0.15) is 11.1 Å². The molecule has 2 aromatic rings. The third kappa shape index (κ3) is 4.40. The average Bonchev–Trinajstić information content (AvgIpc) is 2.65. The summed E-state index contributed by atoms with van der Waals surface area (Å²) in [5, 5.41) is 14.2. The van der Waals surface area contributed by atoms with Crippen molar-refractivity contribution in [2.24, 2.45) is 0 Å². The first-order valence-corrected chi connectivity index (χ1v) is 9.05. The maximum absolute atomic E-state index is 12.4. The Hall–Kier alpha value is -3.00. The molecule has 0 atom stereocenters. The smallest absolute Gasteiger partial charge is 0.321 e. The SMILES string of the molecule is Cc1cccc(C)c1NC(=O)C[NH+]1CCN(c2[nH+]cccc2[N+](=O)[O-])CC1. The summed E-state index contributed by atoms with van der Waals surface area (Å²) in [6.07, 6.45) is 1.69. The summed E-state index contributed by atoms with van der Waals surface area (Å²) in [5.74, 6) is 0.523. The maximum Gasteiger partial charge on any atom is 0.357 e. The van der Waals surface area contributed by atoms with Gasteiger partial charge in [0.2, 0.25) is 0 Å². The molecule has 3 rings (SSSR count). The van der Waals surface area contributed by atoms with Crippen molar-refractivity contribution in [3.8, 4) is 0 Å². The number of amides is 1. The molecule has 0 radical (unpaired) electrons. The van der Waals surface area contributed by atoms with E-state index in [9.17, 15) is 14.9 Å². The number of hydrogen-bond acceptors (Lipinski definition) is 4. The van der Waals surface area contributed by atoms with Gasteiger partial charge in [0.25, 0.3) is 5.91 Å². The summed E-state index contributed by atoms with van der Waals surface area (Å²) in [5.41, 5.74) is 3.06. The van der Waals surface area contributed by atoms with Crippen LogP contribution >= 0.6 is 0 Å². The van der Waals surface area contributed by atoms with E-state index >= 15 is 0 Å². The number of aromatic amines is 1. The zero-order valence-electron chi connectivity index (χ0n) is 15.6.